The van der Waals surface area contributed by atoms with Crippen LogP contribution >= 0.6 is 0 Å². The summed E-state index contributed by atoms with van der Waals surface area (Å²) < 4.78 is 5.73. The predicted octanol–water partition coefficient (Wildman–Crippen LogP) is 2.87. The fraction of sp³-hybridized carbons (Fsp3) is 0.136. The van der Waals surface area contributed by atoms with Gasteiger partial charge in [0.2, 0.25) is 11.8 Å². The molecule has 0 unspecified atom stereocenters. The molecule has 6 heteroatoms. The standard InChI is InChI=1S/C22H16N4O2/c1-13-7-9-14(10-8-13)19-16(11-23)22(17(12-24)20(25)28-19)15-5-3-4-6-18(15)26(2)21(22)27/h3-10H,25H2,1-2H3/t22-/m0/s1. The highest BCUT2D eigenvalue weighted by Crippen LogP contribution is 2.54. The minimum Gasteiger partial charge on any atom is -0.439 e. The van der Waals surface area contributed by atoms with E-state index in [4.69, 9.17) is 10.5 Å². The second-order valence-electron chi connectivity index (χ2n) is 6.77. The van der Waals surface area contributed by atoms with E-state index in [1.54, 1.807) is 43.4 Å². The first kappa shape index (κ1) is 17.4. The van der Waals surface area contributed by atoms with E-state index in [1.165, 1.54) is 4.90 Å². The van der Waals surface area contributed by atoms with Gasteiger partial charge in [-0.05, 0) is 13.0 Å². The first-order valence-corrected chi connectivity index (χ1v) is 8.64. The lowest BCUT2D eigenvalue weighted by Gasteiger charge is -2.33. The molecule has 0 bridgehead atoms. The van der Waals surface area contributed by atoms with Crippen LogP contribution in [-0.4, -0.2) is 13.0 Å². The molecule has 28 heavy (non-hydrogen) atoms. The van der Waals surface area contributed by atoms with Gasteiger partial charge in [-0.25, -0.2) is 0 Å². The summed E-state index contributed by atoms with van der Waals surface area (Å²) in [5, 5.41) is 20.0. The molecule has 2 heterocycles. The molecule has 1 atom stereocenters. The quantitative estimate of drug-likeness (QED) is 0.834. The van der Waals surface area contributed by atoms with Gasteiger partial charge in [-0.3, -0.25) is 4.79 Å². The van der Waals surface area contributed by atoms with Crippen molar-refractivity contribution in [2.45, 2.75) is 12.3 Å². The van der Waals surface area contributed by atoms with Gasteiger partial charge >= 0.3 is 0 Å². The number of hydrogen-bond donors (Lipinski definition) is 1. The van der Waals surface area contributed by atoms with Crippen molar-refractivity contribution in [1.82, 2.24) is 0 Å². The minimum atomic E-state index is -1.61. The molecular weight excluding hydrogens is 352 g/mol. The summed E-state index contributed by atoms with van der Waals surface area (Å²) in [6, 6.07) is 18.6. The van der Waals surface area contributed by atoms with Crippen LogP contribution in [0.2, 0.25) is 0 Å². The third-order valence-corrected chi connectivity index (χ3v) is 5.27. The molecular formula is C22H16N4O2. The molecule has 2 aliphatic heterocycles. The maximum Gasteiger partial charge on any atom is 0.248 e. The molecule has 2 aliphatic rings. The number of nitrogens with two attached hydrogens (primary N) is 1. The summed E-state index contributed by atoms with van der Waals surface area (Å²) in [7, 11) is 1.62. The van der Waals surface area contributed by atoms with Crippen molar-refractivity contribution < 1.29 is 9.53 Å². The van der Waals surface area contributed by atoms with Gasteiger partial charge < -0.3 is 15.4 Å². The van der Waals surface area contributed by atoms with Gasteiger partial charge in [-0.15, -0.1) is 0 Å². The zero-order valence-corrected chi connectivity index (χ0v) is 15.4. The van der Waals surface area contributed by atoms with Crippen molar-refractivity contribution in [1.29, 1.82) is 10.5 Å². The molecule has 2 aromatic rings. The normalized spacial score (nSPS) is 20.7. The van der Waals surface area contributed by atoms with Crippen LogP contribution in [0, 0.1) is 29.6 Å². The number of carbonyl (C=O) groups excluding carboxylic acids is 1. The second kappa shape index (κ2) is 6.00. The number of ether oxygens (including phenoxy) is 1. The fourth-order valence-electron chi connectivity index (χ4n) is 3.92. The van der Waals surface area contributed by atoms with Crippen molar-refractivity contribution in [3.63, 3.8) is 0 Å². The average Bonchev–Trinajstić information content (AvgIpc) is 2.92. The Morgan fingerprint density at radius 3 is 2.32 bits per heavy atom. The van der Waals surface area contributed by atoms with Crippen molar-refractivity contribution in [2.75, 3.05) is 11.9 Å². The molecule has 136 valence electrons. The highest BCUT2D eigenvalue weighted by Gasteiger charge is 2.60. The van der Waals surface area contributed by atoms with E-state index in [0.717, 1.165) is 5.56 Å². The third kappa shape index (κ3) is 2.03. The van der Waals surface area contributed by atoms with Gasteiger partial charge in [0.15, 0.2) is 11.2 Å². The highest BCUT2D eigenvalue weighted by atomic mass is 16.5. The van der Waals surface area contributed by atoms with Crippen LogP contribution in [-0.2, 0) is 14.9 Å². The Hall–Kier alpha value is -4.03. The Kier molecular flexibility index (Phi) is 3.73. The van der Waals surface area contributed by atoms with Gasteiger partial charge in [0, 0.05) is 23.9 Å². The van der Waals surface area contributed by atoms with E-state index in [1.807, 2.05) is 25.1 Å². The van der Waals surface area contributed by atoms with E-state index in [-0.39, 0.29) is 22.8 Å². The number of likely N-dealkylation sites (N-methyl/N-ethyl adjacent to an activating group) is 1. The number of anilines is 1. The summed E-state index contributed by atoms with van der Waals surface area (Å²) in [5.74, 6) is -0.384. The summed E-state index contributed by atoms with van der Waals surface area (Å²) in [5.41, 5.74) is 7.31. The van der Waals surface area contributed by atoms with Gasteiger partial charge in [0.25, 0.3) is 0 Å². The Labute approximate surface area is 162 Å². The molecule has 0 aliphatic carbocycles. The first-order valence-electron chi connectivity index (χ1n) is 8.64. The molecule has 0 saturated heterocycles. The Bertz CT molecular complexity index is 1160. The lowest BCUT2D eigenvalue weighted by molar-refractivity contribution is -0.120. The maximum atomic E-state index is 13.5. The van der Waals surface area contributed by atoms with Crippen LogP contribution < -0.4 is 10.6 Å². The van der Waals surface area contributed by atoms with Crippen molar-refractivity contribution in [2.24, 2.45) is 5.73 Å². The lowest BCUT2D eigenvalue weighted by Crippen LogP contribution is -2.45. The van der Waals surface area contributed by atoms with E-state index < -0.39 is 11.3 Å². The number of amides is 1. The fourth-order valence-corrected chi connectivity index (χ4v) is 3.92. The third-order valence-electron chi connectivity index (χ3n) is 5.27. The Morgan fingerprint density at radius 1 is 1.04 bits per heavy atom. The Morgan fingerprint density at radius 2 is 1.68 bits per heavy atom. The number of rotatable bonds is 1. The summed E-state index contributed by atoms with van der Waals surface area (Å²) >= 11 is 0. The van der Waals surface area contributed by atoms with Gasteiger partial charge in [-0.2, -0.15) is 10.5 Å². The molecule has 1 amide bonds. The molecule has 0 saturated carbocycles. The van der Waals surface area contributed by atoms with Crippen LogP contribution in [0.15, 0.2) is 65.6 Å². The number of carbonyl (C=O) groups is 1. The largest absolute Gasteiger partial charge is 0.439 e. The molecule has 6 nitrogen and oxygen atoms in total. The SMILES string of the molecule is Cc1ccc(C2=C(C#N)[C@]3(C(=O)N(C)c4ccccc43)C(C#N)=C(N)O2)cc1. The molecule has 0 aromatic heterocycles. The Balaban J connectivity index is 2.13. The molecule has 4 rings (SSSR count). The predicted molar refractivity (Wildman–Crippen MR) is 103 cm³/mol. The zero-order valence-electron chi connectivity index (χ0n) is 15.4. The summed E-state index contributed by atoms with van der Waals surface area (Å²) in [4.78, 5) is 15.0. The molecule has 0 fully saturated rings. The van der Waals surface area contributed by atoms with E-state index in [0.29, 0.717) is 16.8 Å². The van der Waals surface area contributed by atoms with Crippen LogP contribution in [0.4, 0.5) is 5.69 Å². The number of para-hydroxylation sites is 1. The summed E-state index contributed by atoms with van der Waals surface area (Å²) in [6.07, 6.45) is 0. The molecule has 2 aromatic carbocycles. The number of fused-ring (bicyclic) bond motifs is 2. The lowest BCUT2D eigenvalue weighted by atomic mass is 9.68. The number of benzene rings is 2. The number of nitrogens with zero attached hydrogens (tertiary/aromatic N) is 3. The number of aryl methyl sites for hydroxylation is 1. The minimum absolute atomic E-state index is 0.0592. The average molecular weight is 368 g/mol. The van der Waals surface area contributed by atoms with Crippen LogP contribution in [0.1, 0.15) is 16.7 Å². The zero-order chi connectivity index (χ0) is 20.1. The monoisotopic (exact) mass is 368 g/mol. The van der Waals surface area contributed by atoms with E-state index in [9.17, 15) is 15.3 Å². The maximum absolute atomic E-state index is 13.5. The van der Waals surface area contributed by atoms with Crippen LogP contribution in [0.25, 0.3) is 5.76 Å². The van der Waals surface area contributed by atoms with Crippen molar-refractivity contribution in [3.8, 4) is 12.1 Å². The molecule has 0 radical (unpaired) electrons. The van der Waals surface area contributed by atoms with Gasteiger partial charge in [-0.1, -0.05) is 48.0 Å². The van der Waals surface area contributed by atoms with Crippen molar-refractivity contribution in [3.05, 3.63) is 82.3 Å². The highest BCUT2D eigenvalue weighted by molar-refractivity contribution is 6.15. The van der Waals surface area contributed by atoms with E-state index in [2.05, 4.69) is 6.07 Å². The number of hydrogen-bond acceptors (Lipinski definition) is 5. The van der Waals surface area contributed by atoms with Crippen LogP contribution in [0.3, 0.4) is 0 Å². The van der Waals surface area contributed by atoms with Gasteiger partial charge in [0.1, 0.15) is 17.7 Å². The van der Waals surface area contributed by atoms with Crippen molar-refractivity contribution >= 4 is 17.4 Å². The van der Waals surface area contributed by atoms with E-state index >= 15 is 0 Å². The van der Waals surface area contributed by atoms with Crippen LogP contribution in [0.5, 0.6) is 0 Å². The summed E-state index contributed by atoms with van der Waals surface area (Å²) in [6.45, 7) is 1.94. The second-order valence-corrected chi connectivity index (χ2v) is 6.77. The number of nitriles is 2. The molecule has 2 N–H and O–H groups in total. The smallest absolute Gasteiger partial charge is 0.248 e. The molecule has 1 spiro atoms. The van der Waals surface area contributed by atoms with Gasteiger partial charge in [0.05, 0.1) is 5.57 Å². The first-order chi connectivity index (χ1) is 13.5. The topological polar surface area (TPSA) is 103 Å².